The molecular weight excluding hydrogens is 430 g/mol. The highest BCUT2D eigenvalue weighted by molar-refractivity contribution is 7.98. The van der Waals surface area contributed by atoms with Crippen LogP contribution in [0.4, 0.5) is 10.8 Å². The third kappa shape index (κ3) is 4.75. The molecule has 1 aromatic heterocycles. The molecule has 0 radical (unpaired) electrons. The smallest absolute Gasteiger partial charge is 0.257 e. The molecule has 2 amide bonds. The van der Waals surface area contributed by atoms with Gasteiger partial charge in [0.25, 0.3) is 5.91 Å². The number of thioether (sulfide) groups is 1. The fourth-order valence-corrected chi connectivity index (χ4v) is 5.22. The van der Waals surface area contributed by atoms with Crippen LogP contribution in [0.2, 0.25) is 0 Å². The molecule has 2 aromatic carbocycles. The lowest BCUT2D eigenvalue weighted by Gasteiger charge is -2.21. The highest BCUT2D eigenvalue weighted by Crippen LogP contribution is 2.38. The summed E-state index contributed by atoms with van der Waals surface area (Å²) >= 11 is 3.05. The van der Waals surface area contributed by atoms with Crippen LogP contribution < -0.4 is 15.4 Å². The molecule has 0 bridgehead atoms. The van der Waals surface area contributed by atoms with Crippen LogP contribution in [0.15, 0.2) is 53.4 Å². The number of benzene rings is 2. The van der Waals surface area contributed by atoms with Crippen LogP contribution >= 0.6 is 23.1 Å². The summed E-state index contributed by atoms with van der Waals surface area (Å²) in [5.41, 5.74) is 2.12. The average molecular weight is 454 g/mol. The average Bonchev–Trinajstić information content (AvgIpc) is 3.21. The van der Waals surface area contributed by atoms with Crippen LogP contribution in [-0.2, 0) is 11.2 Å². The van der Waals surface area contributed by atoms with Crippen molar-refractivity contribution in [3.63, 3.8) is 0 Å². The van der Waals surface area contributed by atoms with Crippen molar-refractivity contribution < 1.29 is 14.3 Å². The predicted molar refractivity (Wildman–Crippen MR) is 126 cm³/mol. The molecule has 8 heteroatoms. The first-order chi connectivity index (χ1) is 15.1. The molecule has 2 N–H and O–H groups in total. The highest BCUT2D eigenvalue weighted by Gasteiger charge is 2.31. The van der Waals surface area contributed by atoms with E-state index in [9.17, 15) is 9.59 Å². The maximum atomic E-state index is 13.1. The van der Waals surface area contributed by atoms with Gasteiger partial charge in [0.1, 0.15) is 5.75 Å². The van der Waals surface area contributed by atoms with Crippen molar-refractivity contribution in [1.29, 1.82) is 0 Å². The van der Waals surface area contributed by atoms with E-state index in [4.69, 9.17) is 4.74 Å². The minimum Gasteiger partial charge on any atom is -0.497 e. The van der Waals surface area contributed by atoms with Gasteiger partial charge >= 0.3 is 0 Å². The van der Waals surface area contributed by atoms with Gasteiger partial charge in [0.15, 0.2) is 5.13 Å². The standard InChI is InChI=1S/C23H23N3O3S2/c1-29-15-12-10-14(11-13-15)21(27)26-23-25-20-16(6-5-9-19(20)31-23)22(28)24-17-7-3-4-8-18(17)30-2/h3-4,7-8,10-13,16H,5-6,9H2,1-2H3,(H,24,28)(H,25,26,27). The molecular formula is C23H23N3O3S2. The van der Waals surface area contributed by atoms with Gasteiger partial charge in [-0.15, -0.1) is 23.1 Å². The molecule has 1 heterocycles. The topological polar surface area (TPSA) is 80.3 Å². The number of hydrogen-bond acceptors (Lipinski definition) is 6. The number of aromatic nitrogens is 1. The van der Waals surface area contributed by atoms with Crippen molar-refractivity contribution in [3.8, 4) is 5.75 Å². The quantitative estimate of drug-likeness (QED) is 0.503. The maximum absolute atomic E-state index is 13.1. The monoisotopic (exact) mass is 453 g/mol. The van der Waals surface area contributed by atoms with E-state index in [0.717, 1.165) is 40.4 Å². The van der Waals surface area contributed by atoms with Crippen molar-refractivity contribution >= 4 is 45.7 Å². The van der Waals surface area contributed by atoms with Crippen LogP contribution in [0.3, 0.4) is 0 Å². The Hall–Kier alpha value is -2.84. The van der Waals surface area contributed by atoms with Gasteiger partial charge in [0, 0.05) is 15.3 Å². The Bertz CT molecular complexity index is 1100. The Morgan fingerprint density at radius 3 is 2.65 bits per heavy atom. The fourth-order valence-electron chi connectivity index (χ4n) is 3.61. The molecule has 1 atom stereocenters. The van der Waals surface area contributed by atoms with E-state index in [1.807, 2.05) is 30.5 Å². The number of methoxy groups -OCH3 is 1. The molecule has 31 heavy (non-hydrogen) atoms. The molecule has 6 nitrogen and oxygen atoms in total. The molecule has 4 rings (SSSR count). The van der Waals surface area contributed by atoms with Gasteiger partial charge in [0.2, 0.25) is 5.91 Å². The van der Waals surface area contributed by atoms with Crippen molar-refractivity contribution in [2.75, 3.05) is 24.0 Å². The van der Waals surface area contributed by atoms with E-state index in [1.165, 1.54) is 11.3 Å². The highest BCUT2D eigenvalue weighted by atomic mass is 32.2. The second-order valence-electron chi connectivity index (χ2n) is 7.14. The van der Waals surface area contributed by atoms with E-state index in [1.54, 1.807) is 43.1 Å². The zero-order chi connectivity index (χ0) is 21.8. The lowest BCUT2D eigenvalue weighted by Crippen LogP contribution is -2.25. The van der Waals surface area contributed by atoms with Crippen molar-refractivity contribution in [2.45, 2.75) is 30.1 Å². The number of anilines is 2. The van der Waals surface area contributed by atoms with Gasteiger partial charge in [-0.3, -0.25) is 14.9 Å². The Morgan fingerprint density at radius 2 is 1.90 bits per heavy atom. The summed E-state index contributed by atoms with van der Waals surface area (Å²) in [6, 6.07) is 14.7. The molecule has 1 unspecified atom stereocenters. The number of thiazole rings is 1. The van der Waals surface area contributed by atoms with Crippen molar-refractivity contribution in [2.24, 2.45) is 0 Å². The molecule has 0 saturated carbocycles. The van der Waals surface area contributed by atoms with Crippen LogP contribution in [0, 0.1) is 0 Å². The first-order valence-corrected chi connectivity index (χ1v) is 12.0. The number of aryl methyl sites for hydroxylation is 1. The molecule has 160 valence electrons. The predicted octanol–water partition coefficient (Wildman–Crippen LogP) is 5.18. The molecule has 0 spiro atoms. The zero-order valence-corrected chi connectivity index (χ0v) is 18.9. The summed E-state index contributed by atoms with van der Waals surface area (Å²) < 4.78 is 5.13. The number of ether oxygens (including phenoxy) is 1. The van der Waals surface area contributed by atoms with Crippen molar-refractivity contribution in [1.82, 2.24) is 4.98 Å². The van der Waals surface area contributed by atoms with Gasteiger partial charge in [-0.05, 0) is 61.9 Å². The van der Waals surface area contributed by atoms with Gasteiger partial charge in [0.05, 0.1) is 24.4 Å². The zero-order valence-electron chi connectivity index (χ0n) is 17.3. The summed E-state index contributed by atoms with van der Waals surface area (Å²) in [5.74, 6) is 0.0872. The summed E-state index contributed by atoms with van der Waals surface area (Å²) in [6.07, 6.45) is 4.53. The number of rotatable bonds is 6. The molecule has 0 fully saturated rings. The van der Waals surface area contributed by atoms with Gasteiger partial charge < -0.3 is 10.1 Å². The molecule has 0 aliphatic heterocycles. The Labute approximate surface area is 189 Å². The number of nitrogens with one attached hydrogen (secondary N) is 2. The minimum atomic E-state index is -0.318. The van der Waals surface area contributed by atoms with Gasteiger partial charge in [-0.2, -0.15) is 0 Å². The first kappa shape index (κ1) is 21.4. The first-order valence-electron chi connectivity index (χ1n) is 9.98. The lowest BCUT2D eigenvalue weighted by molar-refractivity contribution is -0.118. The number of nitrogens with zero attached hydrogens (tertiary/aromatic N) is 1. The third-order valence-electron chi connectivity index (χ3n) is 5.21. The van der Waals surface area contributed by atoms with Crippen molar-refractivity contribution in [3.05, 3.63) is 64.7 Å². The SMILES string of the molecule is COc1ccc(C(=O)Nc2nc3c(s2)CCCC3C(=O)Nc2ccccc2SC)cc1. The van der Waals surface area contributed by atoms with Gasteiger partial charge in [-0.25, -0.2) is 4.98 Å². The van der Waals surface area contributed by atoms with E-state index < -0.39 is 0 Å². The van der Waals surface area contributed by atoms with Crippen LogP contribution in [0.25, 0.3) is 0 Å². The molecule has 1 aliphatic rings. The number of hydrogen-bond donors (Lipinski definition) is 2. The second kappa shape index (κ2) is 9.53. The van der Waals surface area contributed by atoms with Gasteiger partial charge in [-0.1, -0.05) is 12.1 Å². The molecule has 3 aromatic rings. The van der Waals surface area contributed by atoms with Crippen LogP contribution in [0.1, 0.15) is 39.7 Å². The Kier molecular flexibility index (Phi) is 6.58. The number of carbonyl (C=O) groups excluding carboxylic acids is 2. The summed E-state index contributed by atoms with van der Waals surface area (Å²) in [6.45, 7) is 0. The minimum absolute atomic E-state index is 0.0548. The number of para-hydroxylation sites is 1. The van der Waals surface area contributed by atoms with E-state index in [2.05, 4.69) is 15.6 Å². The summed E-state index contributed by atoms with van der Waals surface area (Å²) in [5, 5.41) is 6.46. The summed E-state index contributed by atoms with van der Waals surface area (Å²) in [7, 11) is 1.58. The van der Waals surface area contributed by atoms with E-state index in [-0.39, 0.29) is 17.7 Å². The molecule has 0 saturated heterocycles. The largest absolute Gasteiger partial charge is 0.497 e. The van der Waals surface area contributed by atoms with E-state index in [0.29, 0.717) is 16.4 Å². The number of fused-ring (bicyclic) bond motifs is 1. The summed E-state index contributed by atoms with van der Waals surface area (Å²) in [4.78, 5) is 32.4. The van der Waals surface area contributed by atoms with E-state index >= 15 is 0 Å². The Morgan fingerprint density at radius 1 is 1.13 bits per heavy atom. The second-order valence-corrected chi connectivity index (χ2v) is 9.08. The van der Waals surface area contributed by atoms with Crippen LogP contribution in [-0.4, -0.2) is 30.2 Å². The number of amides is 2. The Balaban J connectivity index is 1.50. The fraction of sp³-hybridized carbons (Fsp3) is 0.261. The molecule has 1 aliphatic carbocycles. The maximum Gasteiger partial charge on any atom is 0.257 e. The number of carbonyl (C=O) groups is 2. The van der Waals surface area contributed by atoms with Crippen LogP contribution in [0.5, 0.6) is 5.75 Å². The lowest BCUT2D eigenvalue weighted by atomic mass is 9.90. The normalized spacial score (nSPS) is 15.1. The third-order valence-corrected chi connectivity index (χ3v) is 7.05.